The lowest BCUT2D eigenvalue weighted by Crippen LogP contribution is -2.68. The normalized spacial score (nSPS) is 15.2. The fraction of sp³-hybridized carbons (Fsp3) is 0.667. The van der Waals surface area contributed by atoms with Gasteiger partial charge in [-0.25, -0.2) is 4.79 Å². The average Bonchev–Trinajstić information content (AvgIpc) is 2.73. The lowest BCUT2D eigenvalue weighted by Gasteiger charge is -2.26. The lowest BCUT2D eigenvalue weighted by molar-refractivity contribution is -0.417. The van der Waals surface area contributed by atoms with Crippen LogP contribution in [0.15, 0.2) is 0 Å². The van der Waals surface area contributed by atoms with E-state index in [-0.39, 0.29) is 18.8 Å². The topological polar surface area (TPSA) is 238 Å². The number of hydrogen-bond acceptors (Lipinski definition) is 8. The van der Waals surface area contributed by atoms with Gasteiger partial charge in [-0.2, -0.15) is 25.8 Å². The highest BCUT2D eigenvalue weighted by molar-refractivity contribution is 7.81. The molecule has 0 aliphatic heterocycles. The molecule has 0 spiro atoms. The molecule has 0 aliphatic carbocycles. The molecule has 35 heavy (non-hydrogen) atoms. The summed E-state index contributed by atoms with van der Waals surface area (Å²) in [6.07, 6.45) is -5.62. The van der Waals surface area contributed by atoms with Gasteiger partial charge in [0.15, 0.2) is 0 Å². The van der Waals surface area contributed by atoms with Crippen molar-refractivity contribution < 1.29 is 68.1 Å². The van der Waals surface area contributed by atoms with Gasteiger partial charge in [-0.3, -0.25) is 19.2 Å². The van der Waals surface area contributed by atoms with Crippen molar-refractivity contribution in [3.63, 3.8) is 0 Å². The first-order valence-corrected chi connectivity index (χ1v) is 10.4. The van der Waals surface area contributed by atoms with Gasteiger partial charge >= 0.3 is 24.1 Å². The van der Waals surface area contributed by atoms with Crippen molar-refractivity contribution in [3.05, 3.63) is 0 Å². The molecule has 0 aromatic carbocycles. The number of carboxylic acids is 4. The maximum absolute atomic E-state index is 12.5. The van der Waals surface area contributed by atoms with Crippen LogP contribution in [0.2, 0.25) is 0 Å². The molecule has 202 valence electrons. The zero-order valence-corrected chi connectivity index (χ0v) is 19.6. The maximum Gasteiger partial charge on any atom is 0.430 e. The van der Waals surface area contributed by atoms with Gasteiger partial charge in [0.05, 0.1) is 12.8 Å². The minimum atomic E-state index is -5.19. The van der Waals surface area contributed by atoms with Crippen molar-refractivity contribution in [2.24, 2.45) is 5.92 Å². The number of alkyl halides is 3. The molecule has 0 aliphatic rings. The van der Waals surface area contributed by atoms with Crippen molar-refractivity contribution in [1.29, 1.82) is 0 Å². The number of thiol groups is 1. The van der Waals surface area contributed by atoms with Gasteiger partial charge in [0, 0.05) is 6.42 Å². The first-order valence-electron chi connectivity index (χ1n) is 9.91. The Bertz CT molecular complexity index is 781. The van der Waals surface area contributed by atoms with Gasteiger partial charge in [0.2, 0.25) is 11.8 Å². The molecule has 0 rings (SSSR count). The summed E-state index contributed by atoms with van der Waals surface area (Å²) >= 11 is 4.14. The van der Waals surface area contributed by atoms with E-state index in [9.17, 15) is 37.1 Å². The molecule has 17 heteroatoms. The van der Waals surface area contributed by atoms with Crippen LogP contribution in [-0.2, 0) is 28.8 Å². The number of nitrogens with one attached hydrogen (secondary N) is 2. The number of carbonyl (C=O) groups is 6. The Hall–Kier alpha value is -3.08. The van der Waals surface area contributed by atoms with Gasteiger partial charge in [-0.15, -0.1) is 0 Å². The number of rotatable bonds is 13. The third kappa shape index (κ3) is 14.7. The summed E-state index contributed by atoms with van der Waals surface area (Å²) in [7, 11) is 0. The summed E-state index contributed by atoms with van der Waals surface area (Å²) in [4.78, 5) is 66.2. The fourth-order valence-corrected chi connectivity index (χ4v) is 2.48. The molecule has 0 heterocycles. The second-order valence-corrected chi connectivity index (χ2v) is 7.85. The van der Waals surface area contributed by atoms with Crippen LogP contribution < -0.4 is 21.5 Å². The summed E-state index contributed by atoms with van der Waals surface area (Å²) < 4.78 is 31.5. The fourth-order valence-electron chi connectivity index (χ4n) is 2.26. The van der Waals surface area contributed by atoms with E-state index < -0.39 is 71.7 Å². The molecule has 0 saturated heterocycles. The molecule has 0 saturated carbocycles. The first kappa shape index (κ1) is 34.1. The number of halogens is 3. The minimum Gasteiger partial charge on any atom is -0.542 e. The third-order valence-corrected chi connectivity index (χ3v) is 5.12. The van der Waals surface area contributed by atoms with Crippen molar-refractivity contribution in [2.45, 2.75) is 69.1 Å². The third-order valence-electron chi connectivity index (χ3n) is 4.46. The van der Waals surface area contributed by atoms with Crippen LogP contribution in [0.3, 0.4) is 0 Å². The summed E-state index contributed by atoms with van der Waals surface area (Å²) in [5, 5.41) is 38.9. The maximum atomic E-state index is 12.5. The Balaban J connectivity index is 0. The zero-order chi connectivity index (χ0) is 28.1. The van der Waals surface area contributed by atoms with E-state index >= 15 is 0 Å². The predicted octanol–water partition coefficient (Wildman–Crippen LogP) is -2.37. The minimum absolute atomic E-state index is 0.108. The molecule has 0 aromatic heterocycles. The monoisotopic (exact) mass is 535 g/mol. The molecule has 0 radical (unpaired) electrons. The van der Waals surface area contributed by atoms with Gasteiger partial charge in [-0.1, -0.05) is 20.3 Å². The van der Waals surface area contributed by atoms with E-state index in [4.69, 9.17) is 25.2 Å². The number of hydrogen-bond donors (Lipinski definition) is 7. The molecule has 0 unspecified atom stereocenters. The molecule has 13 nitrogen and oxygen atoms in total. The second-order valence-electron chi connectivity index (χ2n) is 7.29. The largest absolute Gasteiger partial charge is 0.542 e. The van der Waals surface area contributed by atoms with Crippen molar-refractivity contribution in [1.82, 2.24) is 10.6 Å². The Morgan fingerprint density at radius 2 is 1.49 bits per heavy atom. The van der Waals surface area contributed by atoms with Gasteiger partial charge in [0.1, 0.15) is 29.3 Å². The number of quaternary nitrogens is 1. The lowest BCUT2D eigenvalue weighted by atomic mass is 9.97. The molecule has 2 amide bonds. The molecule has 0 fully saturated rings. The predicted molar refractivity (Wildman–Crippen MR) is 111 cm³/mol. The standard InChI is InChI=1S/C16H27N3O8S.C2HF3O2/c1-3-7(2)12(14(24)18-9(16(26)27)6-11(22)23)19-15(25)13(28)8(17)4-5-10(20)21;3-2(4,5)1(6)7/h7-9,12-13,28H,3-6,17H2,1-2H3,(H,18,24)(H,19,25)(H,20,21)(H,22,23)(H,26,27);(H,6,7)/t7-,8-,9-,12-,13-;/m0./s1. The molecular formula is C18H28F3N3O10S. The highest BCUT2D eigenvalue weighted by atomic mass is 32.1. The Labute approximate surface area is 202 Å². The summed E-state index contributed by atoms with van der Waals surface area (Å²) in [5.74, 6) is -8.82. The van der Waals surface area contributed by atoms with Crippen molar-refractivity contribution in [2.75, 3.05) is 0 Å². The number of aliphatic carboxylic acids is 4. The van der Waals surface area contributed by atoms with Crippen LogP contribution in [-0.4, -0.2) is 80.6 Å². The summed E-state index contributed by atoms with van der Waals surface area (Å²) in [6.45, 7) is 3.43. The van der Waals surface area contributed by atoms with E-state index in [0.29, 0.717) is 6.42 Å². The van der Waals surface area contributed by atoms with E-state index in [0.717, 1.165) is 0 Å². The molecule has 0 aromatic rings. The molecule has 0 bridgehead atoms. The van der Waals surface area contributed by atoms with Crippen LogP contribution in [0, 0.1) is 5.92 Å². The van der Waals surface area contributed by atoms with Gasteiger partial charge in [-0.05, 0) is 5.92 Å². The smallest absolute Gasteiger partial charge is 0.430 e. The number of carboxylic acid groups (broad SMARTS) is 4. The first-order chi connectivity index (χ1) is 15.8. The quantitative estimate of drug-likeness (QED) is 0.124. The molecule has 5 atom stereocenters. The SMILES string of the molecule is CC[C@H](C)[C@H](NC(=O)[C@@H](S)[C@@H]([NH3+])CCC(=O)O)C(=O)N[C@@H](CC(=O)O)C(=O)O.O=C([O-])C(F)(F)F. The van der Waals surface area contributed by atoms with Gasteiger partial charge < -0.3 is 41.6 Å². The van der Waals surface area contributed by atoms with Crippen LogP contribution >= 0.6 is 12.6 Å². The Morgan fingerprint density at radius 1 is 1.00 bits per heavy atom. The zero-order valence-electron chi connectivity index (χ0n) is 18.7. The van der Waals surface area contributed by atoms with Gasteiger partial charge in [0.25, 0.3) is 0 Å². The van der Waals surface area contributed by atoms with Crippen LogP contribution in [0.5, 0.6) is 0 Å². The van der Waals surface area contributed by atoms with Crippen LogP contribution in [0.25, 0.3) is 0 Å². The van der Waals surface area contributed by atoms with Crippen LogP contribution in [0.1, 0.15) is 39.5 Å². The highest BCUT2D eigenvalue weighted by Crippen LogP contribution is 2.12. The Kier molecular flexibility index (Phi) is 15.3. The van der Waals surface area contributed by atoms with E-state index in [1.165, 1.54) is 0 Å². The number of carbonyl (C=O) groups excluding carboxylic acids is 3. The molecule has 8 N–H and O–H groups in total. The van der Waals surface area contributed by atoms with Crippen molar-refractivity contribution in [3.8, 4) is 0 Å². The van der Waals surface area contributed by atoms with Crippen LogP contribution in [0.4, 0.5) is 13.2 Å². The summed E-state index contributed by atoms with van der Waals surface area (Å²) in [6, 6.07) is -3.38. The van der Waals surface area contributed by atoms with E-state index in [1.807, 2.05) is 0 Å². The Morgan fingerprint density at radius 3 is 1.83 bits per heavy atom. The van der Waals surface area contributed by atoms with E-state index in [2.05, 4.69) is 29.0 Å². The molecular weight excluding hydrogens is 507 g/mol. The highest BCUT2D eigenvalue weighted by Gasteiger charge is 2.34. The summed E-state index contributed by atoms with van der Waals surface area (Å²) in [5.41, 5.74) is 3.71. The van der Waals surface area contributed by atoms with E-state index in [1.54, 1.807) is 13.8 Å². The van der Waals surface area contributed by atoms with Crippen molar-refractivity contribution >= 4 is 48.3 Å². The second kappa shape index (κ2) is 15.8. The average molecular weight is 535 g/mol. The number of amides is 2.